The minimum Gasteiger partial charge on any atom is -0.468 e. The summed E-state index contributed by atoms with van der Waals surface area (Å²) in [5, 5.41) is 0. The van der Waals surface area contributed by atoms with E-state index < -0.39 is 12.1 Å². The highest BCUT2D eigenvalue weighted by Crippen LogP contribution is 2.14. The fraction of sp³-hybridized carbons (Fsp3) is 0.467. The van der Waals surface area contributed by atoms with E-state index in [4.69, 9.17) is 9.47 Å². The van der Waals surface area contributed by atoms with Crippen LogP contribution < -0.4 is 0 Å². The summed E-state index contributed by atoms with van der Waals surface area (Å²) in [6, 6.07) is 8.57. The van der Waals surface area contributed by atoms with Crippen LogP contribution in [0.5, 0.6) is 0 Å². The van der Waals surface area contributed by atoms with Gasteiger partial charge in [0.2, 0.25) is 0 Å². The van der Waals surface area contributed by atoms with Crippen LogP contribution in [0.3, 0.4) is 0 Å². The molecule has 1 rings (SSSR count). The van der Waals surface area contributed by atoms with Crippen LogP contribution in [-0.4, -0.2) is 43.1 Å². The van der Waals surface area contributed by atoms with Crippen LogP contribution in [0, 0.1) is 0 Å². The van der Waals surface area contributed by atoms with Crippen LogP contribution in [0.2, 0.25) is 0 Å². The number of carbonyl (C=O) groups is 2. The Hall–Kier alpha value is -1.88. The van der Waals surface area contributed by atoms with Gasteiger partial charge in [-0.25, -0.2) is 0 Å². The van der Waals surface area contributed by atoms with Crippen molar-refractivity contribution < 1.29 is 19.1 Å². The molecule has 20 heavy (non-hydrogen) atoms. The van der Waals surface area contributed by atoms with Crippen molar-refractivity contribution >= 4 is 11.9 Å². The molecule has 0 bridgehead atoms. The third-order valence-corrected chi connectivity index (χ3v) is 3.29. The van der Waals surface area contributed by atoms with Crippen LogP contribution in [0.1, 0.15) is 19.4 Å². The Kier molecular flexibility index (Phi) is 6.18. The maximum atomic E-state index is 11.7. The summed E-state index contributed by atoms with van der Waals surface area (Å²) in [5.41, 5.74) is 1.01. The first kappa shape index (κ1) is 16.2. The molecule has 110 valence electrons. The lowest BCUT2D eigenvalue weighted by Gasteiger charge is -2.31. The van der Waals surface area contributed by atoms with E-state index in [-0.39, 0.29) is 11.9 Å². The number of rotatable bonds is 6. The average molecular weight is 279 g/mol. The molecule has 0 heterocycles. The highest BCUT2D eigenvalue weighted by molar-refractivity contribution is 5.79. The average Bonchev–Trinajstić information content (AvgIpc) is 2.50. The van der Waals surface area contributed by atoms with Gasteiger partial charge in [-0.1, -0.05) is 30.3 Å². The summed E-state index contributed by atoms with van der Waals surface area (Å²) < 4.78 is 9.52. The zero-order valence-electron chi connectivity index (χ0n) is 12.3. The second-order valence-corrected chi connectivity index (χ2v) is 4.56. The summed E-state index contributed by atoms with van der Waals surface area (Å²) in [7, 11) is 2.67. The first-order valence-electron chi connectivity index (χ1n) is 6.46. The highest BCUT2D eigenvalue weighted by atomic mass is 16.5. The van der Waals surface area contributed by atoms with E-state index >= 15 is 0 Å². The molecule has 0 saturated carbocycles. The Labute approximate surface area is 119 Å². The zero-order valence-corrected chi connectivity index (χ0v) is 12.3. The number of ether oxygens (including phenoxy) is 2. The first-order valence-corrected chi connectivity index (χ1v) is 6.46. The molecule has 2 unspecified atom stereocenters. The molecule has 0 aromatic heterocycles. The molecule has 5 nitrogen and oxygen atoms in total. The Morgan fingerprint density at radius 3 is 1.85 bits per heavy atom. The summed E-state index contributed by atoms with van der Waals surface area (Å²) in [6.07, 6.45) is 0. The maximum Gasteiger partial charge on any atom is 0.322 e. The Morgan fingerprint density at radius 1 is 1.00 bits per heavy atom. The molecule has 0 aliphatic rings. The smallest absolute Gasteiger partial charge is 0.322 e. The van der Waals surface area contributed by atoms with Gasteiger partial charge in [-0.2, -0.15) is 0 Å². The van der Waals surface area contributed by atoms with E-state index in [0.29, 0.717) is 6.54 Å². The van der Waals surface area contributed by atoms with Crippen molar-refractivity contribution in [3.8, 4) is 0 Å². The number of esters is 2. The molecule has 1 aromatic carbocycles. The van der Waals surface area contributed by atoms with E-state index in [9.17, 15) is 9.59 Å². The molecular formula is C15H21NO4. The molecule has 2 atom stereocenters. The van der Waals surface area contributed by atoms with Gasteiger partial charge in [0.05, 0.1) is 14.2 Å². The molecule has 0 spiro atoms. The molecule has 0 N–H and O–H groups in total. The zero-order chi connectivity index (χ0) is 15.1. The SMILES string of the molecule is COC(=O)C(C)N(Cc1ccccc1)C(C)C(=O)OC. The second-order valence-electron chi connectivity index (χ2n) is 4.56. The van der Waals surface area contributed by atoms with Crippen molar-refractivity contribution in [1.82, 2.24) is 4.90 Å². The molecule has 0 saturated heterocycles. The number of nitrogens with zero attached hydrogens (tertiary/aromatic N) is 1. The molecule has 0 amide bonds. The molecule has 5 heteroatoms. The lowest BCUT2D eigenvalue weighted by molar-refractivity contribution is -0.153. The van der Waals surface area contributed by atoms with Gasteiger partial charge >= 0.3 is 11.9 Å². The fourth-order valence-electron chi connectivity index (χ4n) is 2.02. The number of benzene rings is 1. The van der Waals surface area contributed by atoms with Gasteiger partial charge in [0, 0.05) is 6.54 Å². The molecule has 1 aromatic rings. The fourth-order valence-corrected chi connectivity index (χ4v) is 2.02. The van der Waals surface area contributed by atoms with E-state index in [1.165, 1.54) is 14.2 Å². The summed E-state index contributed by atoms with van der Waals surface area (Å²) in [4.78, 5) is 25.2. The monoisotopic (exact) mass is 279 g/mol. The van der Waals surface area contributed by atoms with Crippen LogP contribution in [0.4, 0.5) is 0 Å². The topological polar surface area (TPSA) is 55.8 Å². The van der Waals surface area contributed by atoms with Crippen molar-refractivity contribution in [2.75, 3.05) is 14.2 Å². The Morgan fingerprint density at radius 2 is 1.45 bits per heavy atom. The van der Waals surface area contributed by atoms with Crippen LogP contribution in [0.25, 0.3) is 0 Å². The van der Waals surface area contributed by atoms with Crippen molar-refractivity contribution in [1.29, 1.82) is 0 Å². The van der Waals surface area contributed by atoms with Crippen LogP contribution >= 0.6 is 0 Å². The minimum atomic E-state index is -0.533. The Bertz CT molecular complexity index is 424. The standard InChI is InChI=1S/C15H21NO4/c1-11(14(17)19-3)16(12(2)15(18)20-4)10-13-8-6-5-7-9-13/h5-9,11-12H,10H2,1-4H3. The lowest BCUT2D eigenvalue weighted by atomic mass is 10.1. The molecule has 0 fully saturated rings. The van der Waals surface area contributed by atoms with Gasteiger partial charge in [0.25, 0.3) is 0 Å². The number of hydrogen-bond donors (Lipinski definition) is 0. The third kappa shape index (κ3) is 4.06. The highest BCUT2D eigenvalue weighted by Gasteiger charge is 2.30. The summed E-state index contributed by atoms with van der Waals surface area (Å²) in [6.45, 7) is 3.90. The van der Waals surface area contributed by atoms with Crippen LogP contribution in [0.15, 0.2) is 30.3 Å². The Balaban J connectivity index is 2.95. The predicted octanol–water partition coefficient (Wildman–Crippen LogP) is 1.61. The van der Waals surface area contributed by atoms with Gasteiger partial charge in [-0.15, -0.1) is 0 Å². The van der Waals surface area contributed by atoms with Crippen LogP contribution in [-0.2, 0) is 25.6 Å². The maximum absolute atomic E-state index is 11.7. The quantitative estimate of drug-likeness (QED) is 0.741. The van der Waals surface area contributed by atoms with Gasteiger partial charge < -0.3 is 9.47 Å². The number of hydrogen-bond acceptors (Lipinski definition) is 5. The number of carbonyl (C=O) groups excluding carboxylic acids is 2. The third-order valence-electron chi connectivity index (χ3n) is 3.29. The van der Waals surface area contributed by atoms with E-state index in [1.54, 1.807) is 18.7 Å². The van der Waals surface area contributed by atoms with Gasteiger partial charge in [0.1, 0.15) is 12.1 Å². The van der Waals surface area contributed by atoms with Crippen molar-refractivity contribution in [3.63, 3.8) is 0 Å². The summed E-state index contributed by atoms with van der Waals surface area (Å²) in [5.74, 6) is -0.756. The van der Waals surface area contributed by atoms with E-state index in [0.717, 1.165) is 5.56 Å². The predicted molar refractivity (Wildman–Crippen MR) is 74.9 cm³/mol. The molecular weight excluding hydrogens is 258 g/mol. The normalized spacial score (nSPS) is 13.7. The van der Waals surface area contributed by atoms with Gasteiger partial charge in [-0.05, 0) is 19.4 Å². The largest absolute Gasteiger partial charge is 0.468 e. The van der Waals surface area contributed by atoms with Gasteiger partial charge in [-0.3, -0.25) is 14.5 Å². The van der Waals surface area contributed by atoms with E-state index in [1.807, 2.05) is 30.3 Å². The molecule has 0 aliphatic carbocycles. The summed E-state index contributed by atoms with van der Waals surface area (Å²) >= 11 is 0. The lowest BCUT2D eigenvalue weighted by Crippen LogP contribution is -2.48. The molecule has 0 radical (unpaired) electrons. The van der Waals surface area contributed by atoms with E-state index in [2.05, 4.69) is 0 Å². The number of methoxy groups -OCH3 is 2. The van der Waals surface area contributed by atoms with Gasteiger partial charge in [0.15, 0.2) is 0 Å². The van der Waals surface area contributed by atoms with Crippen molar-refractivity contribution in [2.24, 2.45) is 0 Å². The minimum absolute atomic E-state index is 0.378. The first-order chi connectivity index (χ1) is 9.51. The molecule has 0 aliphatic heterocycles. The van der Waals surface area contributed by atoms with Crippen molar-refractivity contribution in [2.45, 2.75) is 32.5 Å². The second kappa shape index (κ2) is 7.65. The van der Waals surface area contributed by atoms with Crippen molar-refractivity contribution in [3.05, 3.63) is 35.9 Å².